The molecule has 0 saturated heterocycles. The topological polar surface area (TPSA) is 44.1 Å². The molecular weight excluding hydrogens is 400 g/mol. The van der Waals surface area contributed by atoms with Gasteiger partial charge < -0.3 is 4.74 Å². The number of halogens is 5. The number of aromatic nitrogens is 2. The number of thioether (sulfide) groups is 1. The van der Waals surface area contributed by atoms with Crippen LogP contribution in [0.25, 0.3) is 0 Å². The zero-order valence-electron chi connectivity index (χ0n) is 13.1. The largest absolute Gasteiger partial charge is 0.461 e. The van der Waals surface area contributed by atoms with Crippen LogP contribution in [0.5, 0.6) is 5.75 Å². The van der Waals surface area contributed by atoms with Crippen LogP contribution >= 0.6 is 35.0 Å². The normalized spacial score (nSPS) is 13.6. The van der Waals surface area contributed by atoms with Gasteiger partial charge in [-0.2, -0.15) is 13.2 Å². The minimum absolute atomic E-state index is 0.117. The number of benzene rings is 1. The maximum absolute atomic E-state index is 12.8. The Kier molecular flexibility index (Phi) is 5.96. The first-order valence-corrected chi connectivity index (χ1v) is 8.47. The average molecular weight is 413 g/mol. The molecule has 1 unspecified atom stereocenters. The molecule has 2 aromatic rings. The number of alkyl halides is 3. The van der Waals surface area contributed by atoms with Gasteiger partial charge in [0.05, 0.1) is 16.1 Å². The Morgan fingerprint density at radius 1 is 1.32 bits per heavy atom. The second-order valence-corrected chi connectivity index (χ2v) is 8.01. The predicted molar refractivity (Wildman–Crippen MR) is 91.1 cm³/mol. The maximum atomic E-state index is 12.8. The van der Waals surface area contributed by atoms with E-state index in [4.69, 9.17) is 27.9 Å². The summed E-state index contributed by atoms with van der Waals surface area (Å²) in [6, 6.07) is 4.34. The number of Topliss-reactive ketones (excluding diaryl/α,β-unsaturated/α-hetero) is 1. The quantitative estimate of drug-likeness (QED) is 0.639. The number of hydrogen-bond acceptors (Lipinski definition) is 4. The third-order valence-corrected chi connectivity index (χ3v) is 4.59. The molecule has 0 aliphatic carbocycles. The molecule has 1 heterocycles. The van der Waals surface area contributed by atoms with Crippen molar-refractivity contribution in [1.29, 1.82) is 0 Å². The third-order valence-electron chi connectivity index (χ3n) is 3.12. The minimum atomic E-state index is -4.57. The highest BCUT2D eigenvalue weighted by atomic mass is 35.5. The van der Waals surface area contributed by atoms with E-state index in [1.54, 1.807) is 0 Å². The van der Waals surface area contributed by atoms with Gasteiger partial charge in [0.1, 0.15) is 5.75 Å². The fraction of sp³-hybridized carbons (Fsp3) is 0.333. The first-order chi connectivity index (χ1) is 11.5. The van der Waals surface area contributed by atoms with E-state index in [0.717, 1.165) is 0 Å². The molecule has 0 aliphatic rings. The smallest absolute Gasteiger partial charge is 0.442 e. The van der Waals surface area contributed by atoms with Gasteiger partial charge in [0.15, 0.2) is 0 Å². The fourth-order valence-electron chi connectivity index (χ4n) is 1.99. The highest BCUT2D eigenvalue weighted by molar-refractivity contribution is 8.02. The van der Waals surface area contributed by atoms with Crippen LogP contribution in [0.2, 0.25) is 10.0 Å². The van der Waals surface area contributed by atoms with Crippen LogP contribution < -0.4 is 4.74 Å². The van der Waals surface area contributed by atoms with E-state index in [-0.39, 0.29) is 10.8 Å². The van der Waals surface area contributed by atoms with E-state index in [2.05, 4.69) is 4.98 Å². The SMILES string of the molecule is CC(C)(SC(F)(F)F)C(=O)C(Oc1ccc(Cl)cc1Cl)n1ccnc1. The van der Waals surface area contributed by atoms with Crippen LogP contribution in [-0.4, -0.2) is 25.6 Å². The molecule has 0 radical (unpaired) electrons. The summed E-state index contributed by atoms with van der Waals surface area (Å²) in [6.45, 7) is 2.37. The lowest BCUT2D eigenvalue weighted by Crippen LogP contribution is -2.39. The Hall–Kier alpha value is -1.38. The molecule has 0 saturated carbocycles. The van der Waals surface area contributed by atoms with Crippen LogP contribution in [0.15, 0.2) is 36.9 Å². The Morgan fingerprint density at radius 3 is 2.52 bits per heavy atom. The Morgan fingerprint density at radius 2 is 2.00 bits per heavy atom. The van der Waals surface area contributed by atoms with E-state index in [1.165, 1.54) is 55.3 Å². The van der Waals surface area contributed by atoms with Gasteiger partial charge >= 0.3 is 5.51 Å². The van der Waals surface area contributed by atoms with E-state index >= 15 is 0 Å². The number of rotatable bonds is 6. The van der Waals surface area contributed by atoms with Crippen LogP contribution in [0.1, 0.15) is 20.1 Å². The van der Waals surface area contributed by atoms with Gasteiger partial charge in [0.25, 0.3) is 0 Å². The van der Waals surface area contributed by atoms with Gasteiger partial charge in [-0.25, -0.2) is 4.98 Å². The van der Waals surface area contributed by atoms with E-state index < -0.39 is 34.0 Å². The van der Waals surface area contributed by atoms with Crippen LogP contribution in [-0.2, 0) is 4.79 Å². The molecule has 10 heteroatoms. The number of nitrogens with zero attached hydrogens (tertiary/aromatic N) is 2. The van der Waals surface area contributed by atoms with E-state index in [9.17, 15) is 18.0 Å². The summed E-state index contributed by atoms with van der Waals surface area (Å²) in [4.78, 5) is 16.6. The van der Waals surface area contributed by atoms with Crippen molar-refractivity contribution in [1.82, 2.24) is 9.55 Å². The highest BCUT2D eigenvalue weighted by Crippen LogP contribution is 2.43. The van der Waals surface area contributed by atoms with E-state index in [0.29, 0.717) is 5.02 Å². The van der Waals surface area contributed by atoms with Crippen molar-refractivity contribution in [3.8, 4) is 5.75 Å². The zero-order chi connectivity index (χ0) is 18.8. The fourth-order valence-corrected chi connectivity index (χ4v) is 3.22. The van der Waals surface area contributed by atoms with Gasteiger partial charge in [0, 0.05) is 17.4 Å². The summed E-state index contributed by atoms with van der Waals surface area (Å²) in [7, 11) is 0. The summed E-state index contributed by atoms with van der Waals surface area (Å²) in [5.74, 6) is -0.676. The molecule has 0 fully saturated rings. The standard InChI is InChI=1S/C15H13Cl2F3N2O2S/c1-14(2,25-15(18,19)20)12(23)13(22-6-5-21-8-22)24-11-4-3-9(16)7-10(11)17/h3-8,13H,1-2H3. The molecule has 1 aromatic heterocycles. The number of hydrogen-bond donors (Lipinski definition) is 0. The third kappa shape index (κ3) is 5.29. The average Bonchev–Trinajstić information content (AvgIpc) is 2.97. The highest BCUT2D eigenvalue weighted by Gasteiger charge is 2.45. The van der Waals surface area contributed by atoms with Crippen molar-refractivity contribution in [3.63, 3.8) is 0 Å². The molecule has 136 valence electrons. The summed E-state index contributed by atoms with van der Waals surface area (Å²) >= 11 is 11.4. The Balaban J connectivity index is 2.35. The predicted octanol–water partition coefficient (Wildman–Crippen LogP) is 5.37. The van der Waals surface area contributed by atoms with Crippen molar-refractivity contribution in [2.45, 2.75) is 30.3 Å². The van der Waals surface area contributed by atoms with Gasteiger partial charge in [-0.3, -0.25) is 9.36 Å². The number of ether oxygens (including phenoxy) is 1. The lowest BCUT2D eigenvalue weighted by Gasteiger charge is -2.29. The van der Waals surface area contributed by atoms with Crippen LogP contribution in [0.3, 0.4) is 0 Å². The first kappa shape index (κ1) is 19.9. The molecule has 0 aliphatic heterocycles. The zero-order valence-corrected chi connectivity index (χ0v) is 15.4. The number of carbonyl (C=O) groups is 1. The summed E-state index contributed by atoms with van der Waals surface area (Å²) in [6.07, 6.45) is 2.71. The molecule has 0 spiro atoms. The van der Waals surface area contributed by atoms with Crippen LogP contribution in [0.4, 0.5) is 13.2 Å². The Bertz CT molecular complexity index is 752. The monoisotopic (exact) mass is 412 g/mol. The molecule has 1 atom stereocenters. The molecule has 0 N–H and O–H groups in total. The molecule has 25 heavy (non-hydrogen) atoms. The molecule has 0 bridgehead atoms. The summed E-state index contributed by atoms with van der Waals surface area (Å²) in [5.41, 5.74) is -4.57. The van der Waals surface area contributed by atoms with Crippen molar-refractivity contribution in [3.05, 3.63) is 47.0 Å². The van der Waals surface area contributed by atoms with E-state index in [1.807, 2.05) is 0 Å². The lowest BCUT2D eigenvalue weighted by atomic mass is 10.1. The summed E-state index contributed by atoms with van der Waals surface area (Å²) < 4.78 is 43.4. The number of ketones is 1. The maximum Gasteiger partial charge on any atom is 0.442 e. The number of carbonyl (C=O) groups excluding carboxylic acids is 1. The van der Waals surface area contributed by atoms with Crippen molar-refractivity contribution >= 4 is 40.7 Å². The number of imidazole rings is 1. The van der Waals surface area contributed by atoms with Crippen molar-refractivity contribution in [2.75, 3.05) is 0 Å². The summed E-state index contributed by atoms with van der Waals surface area (Å²) in [5, 5.41) is 0.488. The minimum Gasteiger partial charge on any atom is -0.461 e. The Labute approximate surface area is 156 Å². The lowest BCUT2D eigenvalue weighted by molar-refractivity contribution is -0.131. The second-order valence-electron chi connectivity index (χ2n) is 5.48. The van der Waals surface area contributed by atoms with Gasteiger partial charge in [-0.15, -0.1) is 0 Å². The van der Waals surface area contributed by atoms with Crippen LogP contribution in [0, 0.1) is 0 Å². The van der Waals surface area contributed by atoms with Crippen molar-refractivity contribution in [2.24, 2.45) is 0 Å². The van der Waals surface area contributed by atoms with Crippen molar-refractivity contribution < 1.29 is 22.7 Å². The molecular formula is C15H13Cl2F3N2O2S. The second kappa shape index (κ2) is 7.47. The van der Waals surface area contributed by atoms with Gasteiger partial charge in [-0.05, 0) is 43.8 Å². The molecule has 1 aromatic carbocycles. The molecule has 2 rings (SSSR count). The van der Waals surface area contributed by atoms with Gasteiger partial charge in [-0.1, -0.05) is 23.2 Å². The molecule has 0 amide bonds. The first-order valence-electron chi connectivity index (χ1n) is 6.90. The molecule has 4 nitrogen and oxygen atoms in total. The van der Waals surface area contributed by atoms with Gasteiger partial charge in [0.2, 0.25) is 12.0 Å².